The molecule has 2 aliphatic carbocycles. The van der Waals surface area contributed by atoms with Crippen LogP contribution in [0.5, 0.6) is 0 Å². The maximum atomic E-state index is 12.3. The molecule has 120 valence electrons. The van der Waals surface area contributed by atoms with E-state index in [1.165, 1.54) is 50.5 Å². The fourth-order valence-electron chi connectivity index (χ4n) is 5.23. The molecule has 0 aromatic heterocycles. The predicted octanol–water partition coefficient (Wildman–Crippen LogP) is 5.93. The zero-order chi connectivity index (χ0) is 15.7. The van der Waals surface area contributed by atoms with Crippen molar-refractivity contribution >= 4 is 5.78 Å². The molecule has 2 fully saturated rings. The van der Waals surface area contributed by atoms with Crippen molar-refractivity contribution in [3.05, 3.63) is 12.2 Å². The Kier molecular flexibility index (Phi) is 5.00. The van der Waals surface area contributed by atoms with Gasteiger partial charge in [-0.2, -0.15) is 0 Å². The Labute approximate surface area is 131 Å². The molecular formula is C20H34O. The second-order valence-electron chi connectivity index (χ2n) is 8.26. The second kappa shape index (κ2) is 6.26. The van der Waals surface area contributed by atoms with Crippen molar-refractivity contribution < 1.29 is 4.79 Å². The SMILES string of the molecule is C=C(C)C1CCC2(CCCCC)CC(=O)CC(C)C2(C)C1. The zero-order valence-electron chi connectivity index (χ0n) is 14.6. The predicted molar refractivity (Wildman–Crippen MR) is 90.2 cm³/mol. The molecule has 4 atom stereocenters. The Hall–Kier alpha value is -0.590. The second-order valence-corrected chi connectivity index (χ2v) is 8.26. The van der Waals surface area contributed by atoms with E-state index in [0.29, 0.717) is 23.0 Å². The summed E-state index contributed by atoms with van der Waals surface area (Å²) >= 11 is 0. The maximum absolute atomic E-state index is 12.3. The van der Waals surface area contributed by atoms with Crippen molar-refractivity contribution in [2.75, 3.05) is 0 Å². The number of rotatable bonds is 5. The van der Waals surface area contributed by atoms with Crippen LogP contribution in [0.4, 0.5) is 0 Å². The van der Waals surface area contributed by atoms with Crippen LogP contribution in [0.15, 0.2) is 12.2 Å². The summed E-state index contributed by atoms with van der Waals surface area (Å²) in [5.74, 6) is 1.72. The van der Waals surface area contributed by atoms with E-state index in [0.717, 1.165) is 12.8 Å². The summed E-state index contributed by atoms with van der Waals surface area (Å²) in [4.78, 5) is 12.3. The minimum atomic E-state index is 0.281. The van der Waals surface area contributed by atoms with Gasteiger partial charge in [-0.15, -0.1) is 0 Å². The van der Waals surface area contributed by atoms with Crippen LogP contribution < -0.4 is 0 Å². The molecule has 0 spiro atoms. The summed E-state index contributed by atoms with van der Waals surface area (Å²) in [5, 5.41) is 0. The van der Waals surface area contributed by atoms with E-state index in [-0.39, 0.29) is 5.41 Å². The summed E-state index contributed by atoms with van der Waals surface area (Å²) < 4.78 is 0. The first kappa shape index (κ1) is 16.8. The first-order valence-electron chi connectivity index (χ1n) is 9.02. The van der Waals surface area contributed by atoms with Crippen LogP contribution in [0.2, 0.25) is 0 Å². The number of carbonyl (C=O) groups is 1. The lowest BCUT2D eigenvalue weighted by molar-refractivity contribution is -0.146. The van der Waals surface area contributed by atoms with Gasteiger partial charge < -0.3 is 0 Å². The number of Topliss-reactive ketones (excluding diaryl/α,β-unsaturated/α-hetero) is 1. The minimum absolute atomic E-state index is 0.281. The van der Waals surface area contributed by atoms with Crippen LogP contribution in [0.3, 0.4) is 0 Å². The zero-order valence-corrected chi connectivity index (χ0v) is 14.6. The van der Waals surface area contributed by atoms with Crippen molar-refractivity contribution in [2.24, 2.45) is 22.7 Å². The molecular weight excluding hydrogens is 256 g/mol. The molecule has 2 rings (SSSR count). The minimum Gasteiger partial charge on any atom is -0.300 e. The third-order valence-electron chi connectivity index (χ3n) is 6.97. The third kappa shape index (κ3) is 2.98. The van der Waals surface area contributed by atoms with Gasteiger partial charge in [0.2, 0.25) is 0 Å². The van der Waals surface area contributed by atoms with E-state index in [1.54, 1.807) is 0 Å². The highest BCUT2D eigenvalue weighted by Gasteiger charge is 2.57. The molecule has 0 aromatic carbocycles. The Morgan fingerprint density at radius 1 is 1.38 bits per heavy atom. The number of fused-ring (bicyclic) bond motifs is 1. The largest absolute Gasteiger partial charge is 0.300 e. The Morgan fingerprint density at radius 3 is 2.71 bits per heavy atom. The standard InChI is InChI=1S/C20H34O/c1-6-7-8-10-20-11-9-17(15(2)3)13-19(20,5)16(4)12-18(21)14-20/h16-17H,2,6-14H2,1,3-5H3. The molecule has 1 nitrogen and oxygen atoms in total. The molecule has 2 aliphatic rings. The molecule has 0 saturated heterocycles. The molecule has 0 bridgehead atoms. The summed E-state index contributed by atoms with van der Waals surface area (Å²) in [6, 6.07) is 0. The lowest BCUT2D eigenvalue weighted by Crippen LogP contribution is -2.53. The van der Waals surface area contributed by atoms with Gasteiger partial charge in [0, 0.05) is 12.8 Å². The summed E-state index contributed by atoms with van der Waals surface area (Å²) in [7, 11) is 0. The van der Waals surface area contributed by atoms with Crippen LogP contribution in [0.1, 0.15) is 85.5 Å². The van der Waals surface area contributed by atoms with Crippen LogP contribution in [0.25, 0.3) is 0 Å². The van der Waals surface area contributed by atoms with E-state index >= 15 is 0 Å². The quantitative estimate of drug-likeness (QED) is 0.452. The molecule has 0 N–H and O–H groups in total. The van der Waals surface area contributed by atoms with Crippen molar-refractivity contribution in [3.8, 4) is 0 Å². The fraction of sp³-hybridized carbons (Fsp3) is 0.850. The Morgan fingerprint density at radius 2 is 2.10 bits per heavy atom. The van der Waals surface area contributed by atoms with E-state index in [2.05, 4.69) is 34.3 Å². The third-order valence-corrected chi connectivity index (χ3v) is 6.97. The van der Waals surface area contributed by atoms with Gasteiger partial charge in [0.15, 0.2) is 0 Å². The fourth-order valence-corrected chi connectivity index (χ4v) is 5.23. The van der Waals surface area contributed by atoms with Gasteiger partial charge in [0.25, 0.3) is 0 Å². The number of hydrogen-bond acceptors (Lipinski definition) is 1. The number of allylic oxidation sites excluding steroid dienone is 1. The topological polar surface area (TPSA) is 17.1 Å². The van der Waals surface area contributed by atoms with Crippen molar-refractivity contribution in [1.29, 1.82) is 0 Å². The van der Waals surface area contributed by atoms with Gasteiger partial charge in [-0.3, -0.25) is 4.79 Å². The summed E-state index contributed by atoms with van der Waals surface area (Å²) in [6.45, 7) is 13.5. The maximum Gasteiger partial charge on any atom is 0.133 e. The van der Waals surface area contributed by atoms with Crippen LogP contribution in [-0.4, -0.2) is 5.78 Å². The van der Waals surface area contributed by atoms with Gasteiger partial charge in [-0.25, -0.2) is 0 Å². The molecule has 0 aromatic rings. The van der Waals surface area contributed by atoms with Crippen LogP contribution >= 0.6 is 0 Å². The van der Waals surface area contributed by atoms with Gasteiger partial charge in [0.1, 0.15) is 5.78 Å². The molecule has 2 saturated carbocycles. The lowest BCUT2D eigenvalue weighted by Gasteiger charge is -2.60. The van der Waals surface area contributed by atoms with E-state index in [9.17, 15) is 4.79 Å². The molecule has 4 unspecified atom stereocenters. The first-order chi connectivity index (χ1) is 9.84. The van der Waals surface area contributed by atoms with E-state index in [4.69, 9.17) is 0 Å². The highest BCUT2D eigenvalue weighted by Crippen LogP contribution is 2.64. The molecule has 0 heterocycles. The molecule has 0 radical (unpaired) electrons. The number of ketones is 1. The van der Waals surface area contributed by atoms with Crippen molar-refractivity contribution in [1.82, 2.24) is 0 Å². The van der Waals surface area contributed by atoms with Gasteiger partial charge in [0.05, 0.1) is 0 Å². The van der Waals surface area contributed by atoms with E-state index in [1.807, 2.05) is 0 Å². The number of carbonyl (C=O) groups excluding carboxylic acids is 1. The monoisotopic (exact) mass is 290 g/mol. The molecule has 0 aliphatic heterocycles. The van der Waals surface area contributed by atoms with Crippen LogP contribution in [0, 0.1) is 22.7 Å². The summed E-state index contributed by atoms with van der Waals surface area (Å²) in [5.41, 5.74) is 1.96. The first-order valence-corrected chi connectivity index (χ1v) is 9.02. The van der Waals surface area contributed by atoms with Gasteiger partial charge in [-0.05, 0) is 55.3 Å². The summed E-state index contributed by atoms with van der Waals surface area (Å²) in [6.07, 6.45) is 10.5. The number of hydrogen-bond donors (Lipinski definition) is 0. The van der Waals surface area contributed by atoms with Gasteiger partial charge in [-0.1, -0.05) is 52.2 Å². The van der Waals surface area contributed by atoms with Crippen molar-refractivity contribution in [2.45, 2.75) is 85.5 Å². The highest BCUT2D eigenvalue weighted by molar-refractivity contribution is 5.80. The smallest absolute Gasteiger partial charge is 0.133 e. The Balaban J connectivity index is 2.27. The average Bonchev–Trinajstić information content (AvgIpc) is 2.40. The average molecular weight is 290 g/mol. The van der Waals surface area contributed by atoms with E-state index < -0.39 is 0 Å². The molecule has 0 amide bonds. The Bertz CT molecular complexity index is 410. The normalized spacial score (nSPS) is 39.9. The van der Waals surface area contributed by atoms with Crippen LogP contribution in [-0.2, 0) is 4.79 Å². The number of unbranched alkanes of at least 4 members (excludes halogenated alkanes) is 2. The van der Waals surface area contributed by atoms with Crippen molar-refractivity contribution in [3.63, 3.8) is 0 Å². The molecule has 1 heteroatoms. The lowest BCUT2D eigenvalue weighted by atomic mass is 9.44. The highest BCUT2D eigenvalue weighted by atomic mass is 16.1. The van der Waals surface area contributed by atoms with Gasteiger partial charge >= 0.3 is 0 Å². The molecule has 21 heavy (non-hydrogen) atoms.